The first-order valence-corrected chi connectivity index (χ1v) is 8.00. The van der Waals surface area contributed by atoms with E-state index in [2.05, 4.69) is 15.3 Å². The number of aromatic nitrogens is 2. The zero-order valence-corrected chi connectivity index (χ0v) is 13.6. The van der Waals surface area contributed by atoms with Gasteiger partial charge >= 0.3 is 0 Å². The number of hydrogen-bond acceptors (Lipinski definition) is 5. The standard InChI is InChI=1S/C18H21N5O/c1-11-4-2-6-14-16(11)23-17-13(5-3-7-15(17)22-14)18(24)21-9-8-12(20)10-19/h2-7,12H,8-10,19-20H2,1H3,(H,21,24). The average Bonchev–Trinajstić information content (AvgIpc) is 2.59. The number of nitrogens with zero attached hydrogens (tertiary/aromatic N) is 2. The van der Waals surface area contributed by atoms with E-state index in [1.165, 1.54) is 0 Å². The highest BCUT2D eigenvalue weighted by Gasteiger charge is 2.13. The van der Waals surface area contributed by atoms with Crippen LogP contribution in [-0.2, 0) is 0 Å². The van der Waals surface area contributed by atoms with Crippen molar-refractivity contribution in [3.63, 3.8) is 0 Å². The van der Waals surface area contributed by atoms with Crippen LogP contribution in [0.1, 0.15) is 22.3 Å². The fourth-order valence-corrected chi connectivity index (χ4v) is 2.63. The van der Waals surface area contributed by atoms with Gasteiger partial charge in [-0.05, 0) is 37.1 Å². The number of carbonyl (C=O) groups is 1. The van der Waals surface area contributed by atoms with Crippen LogP contribution >= 0.6 is 0 Å². The highest BCUT2D eigenvalue weighted by molar-refractivity contribution is 6.06. The number of amides is 1. The van der Waals surface area contributed by atoms with Gasteiger partial charge in [0.25, 0.3) is 5.91 Å². The molecule has 124 valence electrons. The maximum Gasteiger partial charge on any atom is 0.253 e. The van der Waals surface area contributed by atoms with Crippen molar-refractivity contribution in [1.29, 1.82) is 0 Å². The first kappa shape index (κ1) is 16.3. The van der Waals surface area contributed by atoms with Crippen molar-refractivity contribution in [3.8, 4) is 0 Å². The zero-order chi connectivity index (χ0) is 17.1. The molecule has 0 aliphatic heterocycles. The summed E-state index contributed by atoms with van der Waals surface area (Å²) in [5.41, 5.74) is 15.8. The van der Waals surface area contributed by atoms with Crippen LogP contribution in [0.3, 0.4) is 0 Å². The summed E-state index contributed by atoms with van der Waals surface area (Å²) in [6, 6.07) is 11.2. The predicted molar refractivity (Wildman–Crippen MR) is 95.8 cm³/mol. The van der Waals surface area contributed by atoms with Crippen LogP contribution in [0, 0.1) is 6.92 Å². The Labute approximate surface area is 140 Å². The molecule has 2 aromatic carbocycles. The van der Waals surface area contributed by atoms with Crippen molar-refractivity contribution in [2.24, 2.45) is 11.5 Å². The molecule has 0 aliphatic rings. The number of nitrogens with two attached hydrogens (primary N) is 2. The Morgan fingerprint density at radius 2 is 1.83 bits per heavy atom. The van der Waals surface area contributed by atoms with Crippen LogP contribution in [0.4, 0.5) is 0 Å². The Morgan fingerprint density at radius 3 is 2.58 bits per heavy atom. The number of rotatable bonds is 5. The number of nitrogens with one attached hydrogen (secondary N) is 1. The lowest BCUT2D eigenvalue weighted by molar-refractivity contribution is 0.0954. The Morgan fingerprint density at radius 1 is 1.12 bits per heavy atom. The predicted octanol–water partition coefficient (Wildman–Crippen LogP) is 1.50. The van der Waals surface area contributed by atoms with Crippen molar-refractivity contribution in [3.05, 3.63) is 47.5 Å². The van der Waals surface area contributed by atoms with E-state index in [0.29, 0.717) is 36.1 Å². The molecule has 3 rings (SSSR count). The minimum absolute atomic E-state index is 0.107. The van der Waals surface area contributed by atoms with E-state index >= 15 is 0 Å². The monoisotopic (exact) mass is 323 g/mol. The largest absolute Gasteiger partial charge is 0.352 e. The van der Waals surface area contributed by atoms with E-state index in [1.807, 2.05) is 37.3 Å². The topological polar surface area (TPSA) is 107 Å². The van der Waals surface area contributed by atoms with Crippen molar-refractivity contribution in [1.82, 2.24) is 15.3 Å². The van der Waals surface area contributed by atoms with Crippen LogP contribution in [0.15, 0.2) is 36.4 Å². The molecule has 0 radical (unpaired) electrons. The minimum Gasteiger partial charge on any atom is -0.352 e. The second-order valence-corrected chi connectivity index (χ2v) is 5.88. The molecular weight excluding hydrogens is 302 g/mol. The van der Waals surface area contributed by atoms with Crippen LogP contribution in [0.5, 0.6) is 0 Å². The van der Waals surface area contributed by atoms with Gasteiger partial charge in [0.1, 0.15) is 5.52 Å². The molecule has 0 saturated heterocycles. The van der Waals surface area contributed by atoms with Gasteiger partial charge in [-0.3, -0.25) is 4.79 Å². The summed E-state index contributed by atoms with van der Waals surface area (Å²) < 4.78 is 0. The molecule has 6 nitrogen and oxygen atoms in total. The quantitative estimate of drug-likeness (QED) is 0.617. The maximum absolute atomic E-state index is 12.5. The number of carbonyl (C=O) groups excluding carboxylic acids is 1. The smallest absolute Gasteiger partial charge is 0.253 e. The molecule has 1 heterocycles. The molecule has 1 atom stereocenters. The van der Waals surface area contributed by atoms with Gasteiger partial charge in [0.15, 0.2) is 0 Å². The van der Waals surface area contributed by atoms with E-state index in [0.717, 1.165) is 16.6 Å². The summed E-state index contributed by atoms with van der Waals surface area (Å²) >= 11 is 0. The van der Waals surface area contributed by atoms with Gasteiger partial charge in [-0.25, -0.2) is 9.97 Å². The van der Waals surface area contributed by atoms with Crippen molar-refractivity contribution >= 4 is 28.0 Å². The second-order valence-electron chi connectivity index (χ2n) is 5.88. The first-order chi connectivity index (χ1) is 11.6. The third kappa shape index (κ3) is 3.20. The molecule has 1 amide bonds. The summed E-state index contributed by atoms with van der Waals surface area (Å²) in [6.07, 6.45) is 0.640. The molecule has 3 aromatic rings. The fraction of sp³-hybridized carbons (Fsp3) is 0.278. The van der Waals surface area contributed by atoms with E-state index in [4.69, 9.17) is 11.5 Å². The number of aryl methyl sites for hydroxylation is 1. The lowest BCUT2D eigenvalue weighted by Gasteiger charge is -2.11. The molecule has 0 saturated carbocycles. The van der Waals surface area contributed by atoms with Gasteiger partial charge in [0.2, 0.25) is 0 Å². The summed E-state index contributed by atoms with van der Waals surface area (Å²) in [5.74, 6) is -0.174. The Bertz CT molecular complexity index is 893. The molecule has 1 unspecified atom stereocenters. The molecule has 0 bridgehead atoms. The highest BCUT2D eigenvalue weighted by atomic mass is 16.1. The van der Waals surface area contributed by atoms with E-state index in [-0.39, 0.29) is 11.9 Å². The summed E-state index contributed by atoms with van der Waals surface area (Å²) in [5, 5.41) is 2.88. The molecule has 5 N–H and O–H groups in total. The lowest BCUT2D eigenvalue weighted by Crippen LogP contribution is -2.35. The van der Waals surface area contributed by atoms with Crippen molar-refractivity contribution in [2.45, 2.75) is 19.4 Å². The molecular formula is C18H21N5O. The number of hydrogen-bond donors (Lipinski definition) is 3. The van der Waals surface area contributed by atoms with Crippen molar-refractivity contribution in [2.75, 3.05) is 13.1 Å². The Kier molecular flexibility index (Phi) is 4.69. The maximum atomic E-state index is 12.5. The number of para-hydroxylation sites is 2. The van der Waals surface area contributed by atoms with E-state index in [1.54, 1.807) is 6.07 Å². The van der Waals surface area contributed by atoms with Gasteiger partial charge in [-0.2, -0.15) is 0 Å². The number of benzene rings is 2. The fourth-order valence-electron chi connectivity index (χ4n) is 2.63. The van der Waals surface area contributed by atoms with Crippen LogP contribution in [0.25, 0.3) is 22.1 Å². The Balaban J connectivity index is 1.95. The van der Waals surface area contributed by atoms with E-state index < -0.39 is 0 Å². The van der Waals surface area contributed by atoms with Crippen LogP contribution < -0.4 is 16.8 Å². The zero-order valence-electron chi connectivity index (χ0n) is 13.6. The third-order valence-corrected chi connectivity index (χ3v) is 4.04. The molecule has 6 heteroatoms. The third-order valence-electron chi connectivity index (χ3n) is 4.04. The molecule has 0 spiro atoms. The van der Waals surface area contributed by atoms with Crippen molar-refractivity contribution < 1.29 is 4.79 Å². The first-order valence-electron chi connectivity index (χ1n) is 8.00. The molecule has 0 aliphatic carbocycles. The average molecular weight is 323 g/mol. The van der Waals surface area contributed by atoms with Crippen LogP contribution in [-0.4, -0.2) is 35.0 Å². The summed E-state index contributed by atoms with van der Waals surface area (Å²) in [7, 11) is 0. The summed E-state index contributed by atoms with van der Waals surface area (Å²) in [6.45, 7) is 2.87. The van der Waals surface area contributed by atoms with Gasteiger partial charge < -0.3 is 16.8 Å². The Hall–Kier alpha value is -2.57. The molecule has 0 fully saturated rings. The van der Waals surface area contributed by atoms with Gasteiger partial charge in [0.05, 0.1) is 22.1 Å². The molecule has 24 heavy (non-hydrogen) atoms. The summed E-state index contributed by atoms with van der Waals surface area (Å²) in [4.78, 5) is 21.8. The highest BCUT2D eigenvalue weighted by Crippen LogP contribution is 2.21. The van der Waals surface area contributed by atoms with Gasteiger partial charge in [-0.1, -0.05) is 18.2 Å². The van der Waals surface area contributed by atoms with Gasteiger partial charge in [-0.15, -0.1) is 0 Å². The SMILES string of the molecule is Cc1cccc2nc3cccc(C(=O)NCCC(N)CN)c3nc12. The molecule has 1 aromatic heterocycles. The minimum atomic E-state index is -0.174. The van der Waals surface area contributed by atoms with Crippen LogP contribution in [0.2, 0.25) is 0 Å². The second kappa shape index (κ2) is 6.90. The van der Waals surface area contributed by atoms with E-state index in [9.17, 15) is 4.79 Å². The normalized spacial score (nSPS) is 12.5. The number of fused-ring (bicyclic) bond motifs is 2. The lowest BCUT2D eigenvalue weighted by atomic mass is 10.1. The van der Waals surface area contributed by atoms with Gasteiger partial charge in [0, 0.05) is 19.1 Å².